The Morgan fingerprint density at radius 1 is 1.14 bits per heavy atom. The number of carbonyl (C=O) groups excluding carboxylic acids is 2. The summed E-state index contributed by atoms with van der Waals surface area (Å²) in [5, 5.41) is 6.92. The van der Waals surface area contributed by atoms with Gasteiger partial charge in [0, 0.05) is 44.3 Å². The molecule has 2 saturated heterocycles. The Morgan fingerprint density at radius 3 is 2.69 bits per heavy atom. The largest absolute Gasteiger partial charge is 0.379 e. The molecule has 3 atom stereocenters. The fraction of sp³-hybridized carbons (Fsp3) is 0.762. The number of nitrogens with one attached hydrogen (secondary N) is 1. The quantitative estimate of drug-likeness (QED) is 0.817. The number of fused-ring (bicyclic) bond motifs is 1. The molecule has 0 unspecified atom stereocenters. The highest BCUT2D eigenvalue weighted by atomic mass is 16.5. The molecule has 29 heavy (non-hydrogen) atoms. The van der Waals surface area contributed by atoms with Gasteiger partial charge in [0.25, 0.3) is 5.91 Å². The molecular weight excluding hydrogens is 372 g/mol. The lowest BCUT2D eigenvalue weighted by Gasteiger charge is -2.53. The first-order chi connectivity index (χ1) is 14.2. The van der Waals surface area contributed by atoms with Crippen molar-refractivity contribution in [2.75, 3.05) is 39.4 Å². The second-order valence-corrected chi connectivity index (χ2v) is 9.07. The van der Waals surface area contributed by atoms with Gasteiger partial charge in [-0.3, -0.25) is 14.5 Å². The molecule has 0 aromatic carbocycles. The van der Waals surface area contributed by atoms with Gasteiger partial charge in [0.05, 0.1) is 24.8 Å². The van der Waals surface area contributed by atoms with Gasteiger partial charge in [-0.25, -0.2) is 0 Å². The second-order valence-electron chi connectivity index (χ2n) is 9.07. The summed E-state index contributed by atoms with van der Waals surface area (Å²) in [7, 11) is 0. The molecule has 4 fully saturated rings. The van der Waals surface area contributed by atoms with Gasteiger partial charge >= 0.3 is 0 Å². The zero-order valence-electron chi connectivity index (χ0n) is 16.8. The molecular formula is C21H30N4O4. The van der Waals surface area contributed by atoms with E-state index in [1.54, 1.807) is 11.0 Å². The summed E-state index contributed by atoms with van der Waals surface area (Å²) >= 11 is 0. The van der Waals surface area contributed by atoms with Crippen molar-refractivity contribution in [3.05, 3.63) is 18.0 Å². The van der Waals surface area contributed by atoms with Gasteiger partial charge in [-0.2, -0.15) is 0 Å². The van der Waals surface area contributed by atoms with Crippen LogP contribution in [0.3, 0.4) is 0 Å². The van der Waals surface area contributed by atoms with Gasteiger partial charge in [0.1, 0.15) is 0 Å². The van der Waals surface area contributed by atoms with Crippen LogP contribution in [0.1, 0.15) is 49.1 Å². The zero-order chi connectivity index (χ0) is 19.8. The minimum atomic E-state index is -0.487. The van der Waals surface area contributed by atoms with Crippen LogP contribution >= 0.6 is 0 Å². The van der Waals surface area contributed by atoms with E-state index in [1.807, 2.05) is 0 Å². The predicted octanol–water partition coefficient (Wildman–Crippen LogP) is 1.29. The van der Waals surface area contributed by atoms with Crippen molar-refractivity contribution in [1.82, 2.24) is 20.3 Å². The number of ether oxygens (including phenoxy) is 1. The van der Waals surface area contributed by atoms with E-state index in [-0.39, 0.29) is 17.6 Å². The second kappa shape index (κ2) is 7.72. The van der Waals surface area contributed by atoms with Crippen LogP contribution in [-0.2, 0) is 9.53 Å². The first-order valence-corrected chi connectivity index (χ1v) is 11.0. The molecule has 0 bridgehead atoms. The third kappa shape index (κ3) is 3.68. The normalized spacial score (nSPS) is 33.2. The van der Waals surface area contributed by atoms with Gasteiger partial charge in [0.2, 0.25) is 11.7 Å². The Hall–Kier alpha value is -1.93. The number of nitrogens with zero attached hydrogens (tertiary/aromatic N) is 3. The van der Waals surface area contributed by atoms with Crippen molar-refractivity contribution in [2.45, 2.75) is 50.6 Å². The van der Waals surface area contributed by atoms with E-state index >= 15 is 0 Å². The van der Waals surface area contributed by atoms with Crippen LogP contribution < -0.4 is 5.32 Å². The average Bonchev–Trinajstić information content (AvgIpc) is 3.41. The number of aromatic nitrogens is 1. The Morgan fingerprint density at radius 2 is 1.97 bits per heavy atom. The van der Waals surface area contributed by atoms with E-state index in [0.717, 1.165) is 64.8 Å². The number of piperidine rings is 1. The van der Waals surface area contributed by atoms with E-state index < -0.39 is 5.41 Å². The molecule has 0 spiro atoms. The van der Waals surface area contributed by atoms with Crippen molar-refractivity contribution in [3.63, 3.8) is 0 Å². The van der Waals surface area contributed by atoms with Crippen molar-refractivity contribution < 1.29 is 18.8 Å². The van der Waals surface area contributed by atoms with E-state index in [9.17, 15) is 9.59 Å². The molecule has 2 amide bonds. The topological polar surface area (TPSA) is 87.9 Å². The fourth-order valence-electron chi connectivity index (χ4n) is 5.49. The van der Waals surface area contributed by atoms with Crippen LogP contribution in [0.15, 0.2) is 16.8 Å². The summed E-state index contributed by atoms with van der Waals surface area (Å²) in [6.07, 6.45) is 7.36. The third-order valence-corrected chi connectivity index (χ3v) is 7.34. The zero-order valence-corrected chi connectivity index (χ0v) is 16.8. The molecule has 1 N–H and O–H groups in total. The van der Waals surface area contributed by atoms with E-state index in [1.165, 1.54) is 6.20 Å². The lowest BCUT2D eigenvalue weighted by molar-refractivity contribution is -0.143. The third-order valence-electron chi connectivity index (χ3n) is 7.34. The number of morpholine rings is 1. The highest BCUT2D eigenvalue weighted by molar-refractivity contribution is 5.92. The smallest absolute Gasteiger partial charge is 0.292 e. The molecule has 0 radical (unpaired) electrons. The first kappa shape index (κ1) is 19.1. The molecule has 4 aliphatic rings. The van der Waals surface area contributed by atoms with Gasteiger partial charge in [-0.1, -0.05) is 5.16 Å². The van der Waals surface area contributed by atoms with Gasteiger partial charge in [0.15, 0.2) is 0 Å². The maximum atomic E-state index is 13.4. The van der Waals surface area contributed by atoms with Gasteiger partial charge in [-0.05, 0) is 44.4 Å². The number of amides is 2. The highest BCUT2D eigenvalue weighted by Crippen LogP contribution is 2.48. The van der Waals surface area contributed by atoms with Crippen molar-refractivity contribution >= 4 is 11.8 Å². The van der Waals surface area contributed by atoms with E-state index in [0.29, 0.717) is 31.1 Å². The highest BCUT2D eigenvalue weighted by Gasteiger charge is 2.54. The minimum absolute atomic E-state index is 0.153. The maximum Gasteiger partial charge on any atom is 0.292 e. The van der Waals surface area contributed by atoms with Crippen molar-refractivity contribution in [1.29, 1.82) is 0 Å². The Bertz CT molecular complexity index is 744. The van der Waals surface area contributed by atoms with Crippen LogP contribution in [0.5, 0.6) is 0 Å². The number of hydrogen-bond donors (Lipinski definition) is 1. The van der Waals surface area contributed by atoms with Crippen LogP contribution in [0.4, 0.5) is 0 Å². The van der Waals surface area contributed by atoms with Crippen LogP contribution in [0, 0.1) is 11.3 Å². The molecule has 2 aliphatic heterocycles. The molecule has 8 heteroatoms. The molecule has 1 aromatic rings. The van der Waals surface area contributed by atoms with E-state index in [4.69, 9.17) is 9.26 Å². The standard InChI is InChI=1S/C21H30N4O4/c26-19(18-4-7-22-29-18)25-8-5-15-13-17(24-9-11-28-12-10-24)3-6-21(15,14-25)20(27)23-16-1-2-16/h4,7,15-17H,1-3,5-6,8-14H2,(H,23,27)/t15-,17+,21-/m1/s1. The fourth-order valence-corrected chi connectivity index (χ4v) is 5.49. The van der Waals surface area contributed by atoms with Gasteiger partial charge < -0.3 is 19.5 Å². The SMILES string of the molecule is O=C(c1ccno1)N1CC[C@@H]2C[C@@H](N3CCOCC3)CC[C@@]2(C(=O)NC2CC2)C1. The molecule has 5 rings (SSSR count). The number of carbonyl (C=O) groups is 2. The molecule has 2 saturated carbocycles. The molecule has 158 valence electrons. The van der Waals surface area contributed by atoms with E-state index in [2.05, 4.69) is 15.4 Å². The molecule has 1 aromatic heterocycles. The first-order valence-electron chi connectivity index (χ1n) is 11.0. The summed E-state index contributed by atoms with van der Waals surface area (Å²) < 4.78 is 10.6. The summed E-state index contributed by atoms with van der Waals surface area (Å²) in [5.74, 6) is 0.556. The summed E-state index contributed by atoms with van der Waals surface area (Å²) in [6, 6.07) is 2.44. The minimum Gasteiger partial charge on any atom is -0.379 e. The Kier molecular flexibility index (Phi) is 5.07. The number of hydrogen-bond acceptors (Lipinski definition) is 6. The summed E-state index contributed by atoms with van der Waals surface area (Å²) in [4.78, 5) is 30.7. The van der Waals surface area contributed by atoms with Gasteiger partial charge in [-0.15, -0.1) is 0 Å². The number of rotatable bonds is 4. The lowest BCUT2D eigenvalue weighted by atomic mass is 9.60. The molecule has 3 heterocycles. The molecule has 8 nitrogen and oxygen atoms in total. The van der Waals surface area contributed by atoms with Crippen molar-refractivity contribution in [3.8, 4) is 0 Å². The molecule has 2 aliphatic carbocycles. The Balaban J connectivity index is 1.35. The average molecular weight is 402 g/mol. The Labute approximate surface area is 170 Å². The number of likely N-dealkylation sites (tertiary alicyclic amines) is 1. The lowest BCUT2D eigenvalue weighted by Crippen LogP contribution is -2.61. The predicted molar refractivity (Wildman–Crippen MR) is 104 cm³/mol. The van der Waals surface area contributed by atoms with Crippen molar-refractivity contribution in [2.24, 2.45) is 11.3 Å². The van der Waals surface area contributed by atoms with Crippen LogP contribution in [0.25, 0.3) is 0 Å². The van der Waals surface area contributed by atoms with Crippen LogP contribution in [0.2, 0.25) is 0 Å². The van der Waals surface area contributed by atoms with Crippen LogP contribution in [-0.4, -0.2) is 78.2 Å². The summed E-state index contributed by atoms with van der Waals surface area (Å²) in [5.41, 5.74) is -0.487. The maximum absolute atomic E-state index is 13.4. The summed E-state index contributed by atoms with van der Waals surface area (Å²) in [6.45, 7) is 4.70. The monoisotopic (exact) mass is 402 g/mol.